The number of aryl methyl sites for hydroxylation is 1. The standard InChI is InChI=1S/C23H19N3O2/c1-15-7-9-16(10-8-15)21-24-22(17-11-13-18(28-2)14-12-17)26-23(25-21)19-5-3-4-6-20(19)27/h3-14,27H,1-2H3. The summed E-state index contributed by atoms with van der Waals surface area (Å²) in [7, 11) is 1.63. The van der Waals surface area contributed by atoms with Gasteiger partial charge in [-0.3, -0.25) is 0 Å². The van der Waals surface area contributed by atoms with Crippen LogP contribution in [0.4, 0.5) is 0 Å². The van der Waals surface area contributed by atoms with Gasteiger partial charge in [0.05, 0.1) is 12.7 Å². The second kappa shape index (κ2) is 7.48. The molecule has 3 aromatic carbocycles. The number of ether oxygens (including phenoxy) is 1. The predicted octanol–water partition coefficient (Wildman–Crippen LogP) is 4.90. The van der Waals surface area contributed by atoms with Gasteiger partial charge in [0.2, 0.25) is 0 Å². The van der Waals surface area contributed by atoms with Crippen molar-refractivity contribution in [1.82, 2.24) is 15.0 Å². The Labute approximate surface area is 163 Å². The molecule has 0 saturated carbocycles. The Bertz CT molecular complexity index is 1110. The highest BCUT2D eigenvalue weighted by atomic mass is 16.5. The number of methoxy groups -OCH3 is 1. The van der Waals surface area contributed by atoms with Crippen LogP contribution in [0.15, 0.2) is 72.8 Å². The van der Waals surface area contributed by atoms with Gasteiger partial charge in [0, 0.05) is 11.1 Å². The van der Waals surface area contributed by atoms with Crippen molar-refractivity contribution in [1.29, 1.82) is 0 Å². The van der Waals surface area contributed by atoms with E-state index in [1.165, 1.54) is 0 Å². The number of hydrogen-bond donors (Lipinski definition) is 1. The average Bonchev–Trinajstić information content (AvgIpc) is 2.74. The minimum Gasteiger partial charge on any atom is -0.507 e. The van der Waals surface area contributed by atoms with Crippen molar-refractivity contribution in [2.45, 2.75) is 6.92 Å². The lowest BCUT2D eigenvalue weighted by atomic mass is 10.1. The van der Waals surface area contributed by atoms with Gasteiger partial charge in [-0.15, -0.1) is 0 Å². The number of aromatic hydroxyl groups is 1. The molecular weight excluding hydrogens is 350 g/mol. The highest BCUT2D eigenvalue weighted by Gasteiger charge is 2.14. The van der Waals surface area contributed by atoms with Crippen molar-refractivity contribution in [2.24, 2.45) is 0 Å². The Hall–Kier alpha value is -3.73. The highest BCUT2D eigenvalue weighted by Crippen LogP contribution is 2.30. The van der Waals surface area contributed by atoms with E-state index >= 15 is 0 Å². The third-order valence-electron chi connectivity index (χ3n) is 4.44. The number of benzene rings is 3. The molecule has 0 fully saturated rings. The molecule has 5 nitrogen and oxygen atoms in total. The van der Waals surface area contributed by atoms with Gasteiger partial charge in [0.1, 0.15) is 11.5 Å². The zero-order chi connectivity index (χ0) is 19.5. The van der Waals surface area contributed by atoms with E-state index < -0.39 is 0 Å². The first-order valence-electron chi connectivity index (χ1n) is 8.90. The maximum Gasteiger partial charge on any atom is 0.167 e. The lowest BCUT2D eigenvalue weighted by molar-refractivity contribution is 0.415. The highest BCUT2D eigenvalue weighted by molar-refractivity contribution is 5.69. The number of aromatic nitrogens is 3. The molecule has 4 rings (SSSR count). The van der Waals surface area contributed by atoms with Gasteiger partial charge >= 0.3 is 0 Å². The third-order valence-corrected chi connectivity index (χ3v) is 4.44. The van der Waals surface area contributed by atoms with E-state index in [0.717, 1.165) is 22.4 Å². The molecule has 1 aromatic heterocycles. The van der Waals surface area contributed by atoms with Gasteiger partial charge in [-0.1, -0.05) is 42.0 Å². The van der Waals surface area contributed by atoms with Crippen molar-refractivity contribution in [3.05, 3.63) is 78.4 Å². The molecule has 0 aliphatic carbocycles. The van der Waals surface area contributed by atoms with Crippen molar-refractivity contribution < 1.29 is 9.84 Å². The Kier molecular flexibility index (Phi) is 4.72. The molecule has 0 unspecified atom stereocenters. The fraction of sp³-hybridized carbons (Fsp3) is 0.0870. The van der Waals surface area contributed by atoms with Gasteiger partial charge in [0.15, 0.2) is 17.5 Å². The Morgan fingerprint density at radius 2 is 1.21 bits per heavy atom. The summed E-state index contributed by atoms with van der Waals surface area (Å²) in [5.41, 5.74) is 3.45. The molecule has 1 heterocycles. The molecular formula is C23H19N3O2. The summed E-state index contributed by atoms with van der Waals surface area (Å²) in [6.45, 7) is 2.04. The minimum absolute atomic E-state index is 0.129. The summed E-state index contributed by atoms with van der Waals surface area (Å²) in [5, 5.41) is 10.3. The van der Waals surface area contributed by atoms with Gasteiger partial charge in [-0.05, 0) is 43.3 Å². The number of nitrogens with zero attached hydrogens (tertiary/aromatic N) is 3. The second-order valence-electron chi connectivity index (χ2n) is 6.42. The van der Waals surface area contributed by atoms with Crippen LogP contribution in [0.2, 0.25) is 0 Å². The number of phenolic OH excluding ortho intramolecular Hbond substituents is 1. The maximum absolute atomic E-state index is 10.3. The fourth-order valence-corrected chi connectivity index (χ4v) is 2.86. The number of phenols is 1. The van der Waals surface area contributed by atoms with Crippen LogP contribution in [0.25, 0.3) is 34.2 Å². The average molecular weight is 369 g/mol. The minimum atomic E-state index is 0.129. The first-order valence-corrected chi connectivity index (χ1v) is 8.90. The van der Waals surface area contributed by atoms with E-state index in [4.69, 9.17) is 4.74 Å². The molecule has 0 saturated heterocycles. The van der Waals surface area contributed by atoms with Crippen LogP contribution in [0.1, 0.15) is 5.56 Å². The van der Waals surface area contributed by atoms with Crippen LogP contribution in [0, 0.1) is 6.92 Å². The molecule has 0 aliphatic rings. The summed E-state index contributed by atoms with van der Waals surface area (Å²) in [5.74, 6) is 2.40. The Balaban J connectivity index is 1.89. The van der Waals surface area contributed by atoms with Gasteiger partial charge in [0.25, 0.3) is 0 Å². The number of rotatable bonds is 4. The SMILES string of the molecule is COc1ccc(-c2nc(-c3ccc(C)cc3)nc(-c3ccccc3O)n2)cc1. The molecule has 28 heavy (non-hydrogen) atoms. The van der Waals surface area contributed by atoms with Crippen molar-refractivity contribution in [3.8, 4) is 45.7 Å². The fourth-order valence-electron chi connectivity index (χ4n) is 2.86. The zero-order valence-corrected chi connectivity index (χ0v) is 15.6. The first-order chi connectivity index (χ1) is 13.6. The lowest BCUT2D eigenvalue weighted by Crippen LogP contribution is -2.00. The Morgan fingerprint density at radius 1 is 0.679 bits per heavy atom. The molecule has 5 heteroatoms. The van der Waals surface area contributed by atoms with E-state index in [0.29, 0.717) is 23.0 Å². The largest absolute Gasteiger partial charge is 0.507 e. The van der Waals surface area contributed by atoms with Crippen LogP contribution < -0.4 is 4.74 Å². The van der Waals surface area contributed by atoms with Crippen molar-refractivity contribution >= 4 is 0 Å². The molecule has 0 aliphatic heterocycles. The molecule has 0 atom stereocenters. The molecule has 0 bridgehead atoms. The molecule has 0 amide bonds. The molecule has 4 aromatic rings. The van der Waals surface area contributed by atoms with Crippen molar-refractivity contribution in [3.63, 3.8) is 0 Å². The smallest absolute Gasteiger partial charge is 0.167 e. The third kappa shape index (κ3) is 3.55. The van der Waals surface area contributed by atoms with E-state index in [2.05, 4.69) is 15.0 Å². The normalized spacial score (nSPS) is 10.6. The summed E-state index contributed by atoms with van der Waals surface area (Å²) >= 11 is 0. The monoisotopic (exact) mass is 369 g/mol. The molecule has 138 valence electrons. The summed E-state index contributed by atoms with van der Waals surface area (Å²) < 4.78 is 5.23. The zero-order valence-electron chi connectivity index (χ0n) is 15.6. The van der Waals surface area contributed by atoms with E-state index in [1.54, 1.807) is 25.3 Å². The number of hydrogen-bond acceptors (Lipinski definition) is 5. The van der Waals surface area contributed by atoms with Crippen LogP contribution in [-0.2, 0) is 0 Å². The summed E-state index contributed by atoms with van der Waals surface area (Å²) in [6, 6.07) is 22.6. The number of para-hydroxylation sites is 1. The van der Waals surface area contributed by atoms with Gasteiger partial charge < -0.3 is 9.84 Å². The molecule has 0 spiro atoms. The maximum atomic E-state index is 10.3. The second-order valence-corrected chi connectivity index (χ2v) is 6.42. The summed E-state index contributed by atoms with van der Waals surface area (Å²) in [6.07, 6.45) is 0. The topological polar surface area (TPSA) is 68.1 Å². The van der Waals surface area contributed by atoms with Crippen LogP contribution in [-0.4, -0.2) is 27.2 Å². The van der Waals surface area contributed by atoms with E-state index in [9.17, 15) is 5.11 Å². The Morgan fingerprint density at radius 3 is 1.79 bits per heavy atom. The quantitative estimate of drug-likeness (QED) is 0.554. The van der Waals surface area contributed by atoms with Gasteiger partial charge in [-0.25, -0.2) is 15.0 Å². The summed E-state index contributed by atoms with van der Waals surface area (Å²) in [4.78, 5) is 13.9. The van der Waals surface area contributed by atoms with Crippen LogP contribution >= 0.6 is 0 Å². The van der Waals surface area contributed by atoms with E-state index in [1.807, 2.05) is 61.5 Å². The van der Waals surface area contributed by atoms with E-state index in [-0.39, 0.29) is 5.75 Å². The molecule has 1 N–H and O–H groups in total. The van der Waals surface area contributed by atoms with Crippen LogP contribution in [0.3, 0.4) is 0 Å². The lowest BCUT2D eigenvalue weighted by Gasteiger charge is -2.09. The first kappa shape index (κ1) is 17.7. The predicted molar refractivity (Wildman–Crippen MR) is 109 cm³/mol. The van der Waals surface area contributed by atoms with Crippen LogP contribution in [0.5, 0.6) is 11.5 Å². The van der Waals surface area contributed by atoms with Crippen molar-refractivity contribution in [2.75, 3.05) is 7.11 Å². The molecule has 0 radical (unpaired) electrons. The van der Waals surface area contributed by atoms with Gasteiger partial charge in [-0.2, -0.15) is 0 Å².